The average molecular weight is 282 g/mol. The van der Waals surface area contributed by atoms with E-state index < -0.39 is 11.5 Å². The van der Waals surface area contributed by atoms with Crippen molar-refractivity contribution in [1.29, 1.82) is 0 Å². The van der Waals surface area contributed by atoms with Gasteiger partial charge in [0, 0.05) is 10.6 Å². The van der Waals surface area contributed by atoms with Gasteiger partial charge in [0.05, 0.1) is 11.3 Å². The van der Waals surface area contributed by atoms with Crippen LogP contribution in [-0.2, 0) is 9.53 Å². The Kier molecular flexibility index (Phi) is 4.83. The maximum absolute atomic E-state index is 11.6. The van der Waals surface area contributed by atoms with Gasteiger partial charge in [-0.3, -0.25) is 9.59 Å². The summed E-state index contributed by atoms with van der Waals surface area (Å²) in [6.45, 7) is 5.38. The van der Waals surface area contributed by atoms with E-state index in [1.54, 1.807) is 39.0 Å². The average Bonchev–Trinajstić information content (AvgIpc) is 2.24. The van der Waals surface area contributed by atoms with Crippen molar-refractivity contribution in [2.75, 3.05) is 11.5 Å². The van der Waals surface area contributed by atoms with Crippen molar-refractivity contribution >= 4 is 29.3 Å². The largest absolute Gasteiger partial charge is 0.459 e. The number of ether oxygens (including phenoxy) is 1. The van der Waals surface area contributed by atoms with Crippen LogP contribution < -0.4 is 11.5 Å². The molecule has 1 rings (SSSR count). The lowest BCUT2D eigenvalue weighted by Crippen LogP contribution is -2.25. The molecule has 0 saturated heterocycles. The third-order valence-corrected chi connectivity index (χ3v) is 3.19. The molecule has 0 aliphatic rings. The fourth-order valence-corrected chi connectivity index (χ4v) is 2.29. The highest BCUT2D eigenvalue weighted by molar-refractivity contribution is 8.00. The van der Waals surface area contributed by atoms with E-state index in [0.29, 0.717) is 16.1 Å². The molecule has 0 spiro atoms. The number of nitrogen functional groups attached to an aromatic ring is 1. The normalized spacial score (nSPS) is 11.1. The van der Waals surface area contributed by atoms with Gasteiger partial charge in [-0.2, -0.15) is 0 Å². The molecule has 6 heteroatoms. The van der Waals surface area contributed by atoms with Gasteiger partial charge in [-0.1, -0.05) is 6.07 Å². The number of carbonyl (C=O) groups excluding carboxylic acids is 2. The van der Waals surface area contributed by atoms with Crippen molar-refractivity contribution < 1.29 is 14.3 Å². The fraction of sp³-hybridized carbons (Fsp3) is 0.385. The third-order valence-electron chi connectivity index (χ3n) is 2.07. The number of anilines is 1. The Balaban J connectivity index is 2.78. The first-order chi connectivity index (χ1) is 8.70. The Morgan fingerprint density at radius 1 is 1.32 bits per heavy atom. The molecule has 0 heterocycles. The summed E-state index contributed by atoms with van der Waals surface area (Å²) in [4.78, 5) is 23.4. The van der Waals surface area contributed by atoms with Crippen molar-refractivity contribution in [1.82, 2.24) is 0 Å². The molecule has 104 valence electrons. The third kappa shape index (κ3) is 4.82. The first-order valence-corrected chi connectivity index (χ1v) is 6.72. The van der Waals surface area contributed by atoms with Crippen LogP contribution in [0.5, 0.6) is 0 Å². The Labute approximate surface area is 116 Å². The zero-order chi connectivity index (χ0) is 14.6. The molecule has 0 atom stereocenters. The van der Waals surface area contributed by atoms with Crippen LogP contribution in [0.15, 0.2) is 23.1 Å². The molecule has 1 aromatic carbocycles. The number of hydrogen-bond donors (Lipinski definition) is 2. The van der Waals surface area contributed by atoms with E-state index in [1.807, 2.05) is 0 Å². The number of esters is 1. The predicted octanol–water partition coefficient (Wildman–Crippen LogP) is 1.80. The van der Waals surface area contributed by atoms with Crippen molar-refractivity contribution in [2.24, 2.45) is 5.73 Å². The Morgan fingerprint density at radius 3 is 2.47 bits per heavy atom. The summed E-state index contributed by atoms with van der Waals surface area (Å²) in [6, 6.07) is 4.88. The second kappa shape index (κ2) is 5.97. The smallest absolute Gasteiger partial charge is 0.316 e. The van der Waals surface area contributed by atoms with Crippen molar-refractivity contribution in [2.45, 2.75) is 31.3 Å². The van der Waals surface area contributed by atoms with E-state index in [0.717, 1.165) is 11.8 Å². The zero-order valence-corrected chi connectivity index (χ0v) is 12.0. The lowest BCUT2D eigenvalue weighted by molar-refractivity contribution is -0.151. The molecule has 4 N–H and O–H groups in total. The minimum atomic E-state index is -0.570. The topological polar surface area (TPSA) is 95.4 Å². The molecular formula is C13H18N2O3S. The SMILES string of the molecule is CC(C)(C)OC(=O)CSc1c(N)cccc1C(N)=O. The molecule has 5 nitrogen and oxygen atoms in total. The highest BCUT2D eigenvalue weighted by atomic mass is 32.2. The van der Waals surface area contributed by atoms with Crippen LogP contribution in [0.2, 0.25) is 0 Å². The summed E-state index contributed by atoms with van der Waals surface area (Å²) in [5.74, 6) is -0.860. The van der Waals surface area contributed by atoms with Crippen LogP contribution in [0, 0.1) is 0 Å². The number of primary amides is 1. The van der Waals surface area contributed by atoms with Crippen LogP contribution in [-0.4, -0.2) is 23.2 Å². The van der Waals surface area contributed by atoms with Gasteiger partial charge in [0.25, 0.3) is 0 Å². The molecular weight excluding hydrogens is 264 g/mol. The summed E-state index contributed by atoms with van der Waals surface area (Å²) >= 11 is 1.15. The van der Waals surface area contributed by atoms with E-state index in [-0.39, 0.29) is 11.7 Å². The van der Waals surface area contributed by atoms with Crippen LogP contribution in [0.1, 0.15) is 31.1 Å². The molecule has 0 fully saturated rings. The van der Waals surface area contributed by atoms with Crippen molar-refractivity contribution in [3.05, 3.63) is 23.8 Å². The number of hydrogen-bond acceptors (Lipinski definition) is 5. The van der Waals surface area contributed by atoms with Gasteiger partial charge in [-0.15, -0.1) is 11.8 Å². The van der Waals surface area contributed by atoms with Gasteiger partial charge < -0.3 is 16.2 Å². The van der Waals surface area contributed by atoms with Gasteiger partial charge in [0.2, 0.25) is 5.91 Å². The summed E-state index contributed by atoms with van der Waals surface area (Å²) in [6.07, 6.45) is 0. The minimum Gasteiger partial charge on any atom is -0.459 e. The summed E-state index contributed by atoms with van der Waals surface area (Å²) in [7, 11) is 0. The molecule has 1 aromatic rings. The highest BCUT2D eigenvalue weighted by Crippen LogP contribution is 2.29. The van der Waals surface area contributed by atoms with Gasteiger partial charge in [-0.05, 0) is 32.9 Å². The lowest BCUT2D eigenvalue weighted by atomic mass is 10.2. The Hall–Kier alpha value is -1.69. The summed E-state index contributed by atoms with van der Waals surface area (Å²) < 4.78 is 5.18. The zero-order valence-electron chi connectivity index (χ0n) is 11.2. The highest BCUT2D eigenvalue weighted by Gasteiger charge is 2.18. The maximum Gasteiger partial charge on any atom is 0.316 e. The second-order valence-electron chi connectivity index (χ2n) is 4.96. The molecule has 19 heavy (non-hydrogen) atoms. The number of carbonyl (C=O) groups is 2. The summed E-state index contributed by atoms with van der Waals surface area (Å²) in [5.41, 5.74) is 11.3. The minimum absolute atomic E-state index is 0.0752. The second-order valence-corrected chi connectivity index (χ2v) is 5.95. The molecule has 0 radical (unpaired) electrons. The van der Waals surface area contributed by atoms with E-state index in [2.05, 4.69) is 0 Å². The molecule has 0 aromatic heterocycles. The Bertz CT molecular complexity index is 495. The number of amides is 1. The molecule has 0 aliphatic carbocycles. The molecule has 0 unspecified atom stereocenters. The van der Waals surface area contributed by atoms with Gasteiger partial charge in [-0.25, -0.2) is 0 Å². The van der Waals surface area contributed by atoms with E-state index >= 15 is 0 Å². The summed E-state index contributed by atoms with van der Waals surface area (Å²) in [5, 5.41) is 0. The number of rotatable bonds is 4. The lowest BCUT2D eigenvalue weighted by Gasteiger charge is -2.19. The van der Waals surface area contributed by atoms with Crippen LogP contribution in [0.25, 0.3) is 0 Å². The predicted molar refractivity (Wildman–Crippen MR) is 75.9 cm³/mol. The monoisotopic (exact) mass is 282 g/mol. The first-order valence-electron chi connectivity index (χ1n) is 5.73. The molecule has 0 aliphatic heterocycles. The van der Waals surface area contributed by atoms with Gasteiger partial charge in [0.15, 0.2) is 0 Å². The first kappa shape index (κ1) is 15.4. The van der Waals surface area contributed by atoms with Crippen molar-refractivity contribution in [3.8, 4) is 0 Å². The molecule has 0 bridgehead atoms. The maximum atomic E-state index is 11.6. The molecule has 0 saturated carbocycles. The standard InChI is InChI=1S/C13H18N2O3S/c1-13(2,3)18-10(16)7-19-11-8(12(15)17)5-4-6-9(11)14/h4-6H,7,14H2,1-3H3,(H2,15,17). The molecule has 1 amide bonds. The van der Waals surface area contributed by atoms with Gasteiger partial charge in [0.1, 0.15) is 5.60 Å². The van der Waals surface area contributed by atoms with E-state index in [1.165, 1.54) is 0 Å². The van der Waals surface area contributed by atoms with Crippen LogP contribution in [0.4, 0.5) is 5.69 Å². The number of benzene rings is 1. The number of thioether (sulfide) groups is 1. The Morgan fingerprint density at radius 2 is 1.95 bits per heavy atom. The van der Waals surface area contributed by atoms with E-state index in [4.69, 9.17) is 16.2 Å². The fourth-order valence-electron chi connectivity index (χ4n) is 1.41. The van der Waals surface area contributed by atoms with Crippen LogP contribution in [0.3, 0.4) is 0 Å². The van der Waals surface area contributed by atoms with Crippen molar-refractivity contribution in [3.63, 3.8) is 0 Å². The quantitative estimate of drug-likeness (QED) is 0.499. The van der Waals surface area contributed by atoms with E-state index in [9.17, 15) is 9.59 Å². The van der Waals surface area contributed by atoms with Gasteiger partial charge >= 0.3 is 5.97 Å². The van der Waals surface area contributed by atoms with Crippen LogP contribution >= 0.6 is 11.8 Å². The number of nitrogens with two attached hydrogens (primary N) is 2.